The second-order valence-electron chi connectivity index (χ2n) is 12.2. The zero-order valence-electron chi connectivity index (χ0n) is 28.2. The molecule has 0 saturated carbocycles. The molecule has 0 spiro atoms. The van der Waals surface area contributed by atoms with Gasteiger partial charge < -0.3 is 24.8 Å². The molecule has 1 aromatic heterocycles. The number of aromatic nitrogens is 1. The van der Waals surface area contributed by atoms with E-state index < -0.39 is 33.9 Å². The van der Waals surface area contributed by atoms with Gasteiger partial charge in [-0.25, -0.2) is 13.4 Å². The average Bonchev–Trinajstić information content (AvgIpc) is 3.16. The van der Waals surface area contributed by atoms with Crippen LogP contribution in [0.5, 0.6) is 11.5 Å². The van der Waals surface area contributed by atoms with E-state index in [0.29, 0.717) is 49.2 Å². The van der Waals surface area contributed by atoms with Crippen molar-refractivity contribution < 1.29 is 32.6 Å². The number of Topliss-reactive ketones (excluding diaryl/α,β-unsaturated/α-hetero) is 1. The van der Waals surface area contributed by atoms with Crippen molar-refractivity contribution in [3.05, 3.63) is 132 Å². The van der Waals surface area contributed by atoms with Crippen LogP contribution in [0.4, 0.5) is 11.5 Å². The molecular formula is C39H37ClN4O7S. The number of halogens is 1. The minimum absolute atomic E-state index is 0.0526. The number of hydrogen-bond acceptors (Lipinski definition) is 9. The summed E-state index contributed by atoms with van der Waals surface area (Å²) < 4.78 is 40.8. The zero-order chi connectivity index (χ0) is 36.7. The van der Waals surface area contributed by atoms with E-state index in [1.165, 1.54) is 37.4 Å². The number of anilines is 2. The summed E-state index contributed by atoms with van der Waals surface area (Å²) in [6.45, 7) is 3.72. The molecule has 4 aromatic carbocycles. The first kappa shape index (κ1) is 36.5. The number of aliphatic hydroxyl groups is 1. The smallest absolute Gasteiger partial charge is 0.263 e. The first-order valence-electron chi connectivity index (χ1n) is 16.6. The lowest BCUT2D eigenvalue weighted by Gasteiger charge is -2.27. The number of carbonyl (C=O) groups is 2. The predicted molar refractivity (Wildman–Crippen MR) is 200 cm³/mol. The average molecular weight is 741 g/mol. The Morgan fingerprint density at radius 3 is 2.35 bits per heavy atom. The molecular weight excluding hydrogens is 704 g/mol. The van der Waals surface area contributed by atoms with Crippen LogP contribution < -0.4 is 19.7 Å². The van der Waals surface area contributed by atoms with E-state index >= 15 is 0 Å². The van der Waals surface area contributed by atoms with Crippen molar-refractivity contribution >= 4 is 44.8 Å². The van der Waals surface area contributed by atoms with Gasteiger partial charge in [0, 0.05) is 29.9 Å². The van der Waals surface area contributed by atoms with E-state index in [2.05, 4.69) is 15.0 Å². The Morgan fingerprint density at radius 1 is 0.942 bits per heavy atom. The lowest BCUT2D eigenvalue weighted by Crippen LogP contribution is -2.46. The van der Waals surface area contributed by atoms with Crippen LogP contribution in [0.2, 0.25) is 5.02 Å². The number of benzene rings is 4. The van der Waals surface area contributed by atoms with Crippen LogP contribution in [0.3, 0.4) is 0 Å². The normalized spacial score (nSPS) is 14.2. The van der Waals surface area contributed by atoms with Crippen molar-refractivity contribution in [2.45, 2.75) is 30.4 Å². The molecule has 52 heavy (non-hydrogen) atoms. The third-order valence-electron chi connectivity index (χ3n) is 8.46. The van der Waals surface area contributed by atoms with Crippen LogP contribution in [0.1, 0.15) is 22.8 Å². The van der Waals surface area contributed by atoms with Crippen LogP contribution >= 0.6 is 11.6 Å². The zero-order valence-corrected chi connectivity index (χ0v) is 29.8. The van der Waals surface area contributed by atoms with Gasteiger partial charge in [-0.05, 0) is 73.0 Å². The second kappa shape index (κ2) is 16.4. The molecule has 0 radical (unpaired) electrons. The fraction of sp³-hybridized carbons (Fsp3) is 0.205. The van der Waals surface area contributed by atoms with Crippen molar-refractivity contribution in [3.63, 3.8) is 0 Å². The summed E-state index contributed by atoms with van der Waals surface area (Å²) in [7, 11) is -4.18. The molecule has 1 unspecified atom stereocenters. The Balaban J connectivity index is 1.19. The Kier molecular flexibility index (Phi) is 11.5. The Hall–Kier alpha value is -5.27. The number of pyridine rings is 1. The number of rotatable bonds is 13. The summed E-state index contributed by atoms with van der Waals surface area (Å²) in [6, 6.07) is 30.6. The number of morpholine rings is 1. The van der Waals surface area contributed by atoms with E-state index in [4.69, 9.17) is 21.1 Å². The Labute approximate surface area is 307 Å². The highest BCUT2D eigenvalue weighted by atomic mass is 35.5. The van der Waals surface area contributed by atoms with E-state index in [-0.39, 0.29) is 27.6 Å². The van der Waals surface area contributed by atoms with Crippen LogP contribution in [0.15, 0.2) is 120 Å². The number of ether oxygens (including phenoxy) is 2. The van der Waals surface area contributed by atoms with Gasteiger partial charge in [-0.15, -0.1) is 0 Å². The number of ketones is 1. The third-order valence-corrected chi connectivity index (χ3v) is 10.0. The fourth-order valence-corrected chi connectivity index (χ4v) is 6.92. The number of aliphatic hydroxyl groups excluding tert-OH is 1. The molecule has 2 heterocycles. The molecule has 1 aliphatic heterocycles. The van der Waals surface area contributed by atoms with E-state index in [9.17, 15) is 23.1 Å². The molecule has 268 valence electrons. The van der Waals surface area contributed by atoms with Gasteiger partial charge in [-0.1, -0.05) is 72.3 Å². The van der Waals surface area contributed by atoms with E-state index in [1.54, 1.807) is 6.07 Å². The molecule has 1 aliphatic rings. The van der Waals surface area contributed by atoms with Crippen molar-refractivity contribution in [2.75, 3.05) is 35.9 Å². The molecule has 5 aromatic rings. The maximum absolute atomic E-state index is 13.7. The topological polar surface area (TPSA) is 147 Å². The summed E-state index contributed by atoms with van der Waals surface area (Å²) in [4.78, 5) is 33.1. The van der Waals surface area contributed by atoms with Crippen LogP contribution in [-0.2, 0) is 26.0 Å². The second-order valence-corrected chi connectivity index (χ2v) is 14.3. The molecule has 1 amide bonds. The van der Waals surface area contributed by atoms with Crippen molar-refractivity contribution in [1.82, 2.24) is 10.3 Å². The SMILES string of the molecule is CC(O)C(=O)[C@H](Cc1ccc(-c2ccccc2Oc2ccccc2)cc1)NC(=O)c1cc(Cl)ccc1NS(=O)(=O)c1ccc(N2CCOCC2)nc1. The Bertz CT molecular complexity index is 2130. The van der Waals surface area contributed by atoms with Crippen LogP contribution in [0.25, 0.3) is 11.1 Å². The monoisotopic (exact) mass is 740 g/mol. The molecule has 2 atom stereocenters. The summed E-state index contributed by atoms with van der Waals surface area (Å²) in [5, 5.41) is 13.1. The molecule has 11 nitrogen and oxygen atoms in total. The highest BCUT2D eigenvalue weighted by Crippen LogP contribution is 2.33. The molecule has 13 heteroatoms. The fourth-order valence-electron chi connectivity index (χ4n) is 5.72. The number of amides is 1. The van der Waals surface area contributed by atoms with E-state index in [1.807, 2.05) is 83.8 Å². The Morgan fingerprint density at radius 2 is 1.65 bits per heavy atom. The van der Waals surface area contributed by atoms with Gasteiger partial charge in [0.25, 0.3) is 15.9 Å². The summed E-state index contributed by atoms with van der Waals surface area (Å²) >= 11 is 6.24. The predicted octanol–water partition coefficient (Wildman–Crippen LogP) is 6.12. The lowest BCUT2D eigenvalue weighted by atomic mass is 9.96. The van der Waals surface area contributed by atoms with Gasteiger partial charge in [0.2, 0.25) is 0 Å². The summed E-state index contributed by atoms with van der Waals surface area (Å²) in [5.41, 5.74) is 2.29. The molecule has 6 rings (SSSR count). The van der Waals surface area contributed by atoms with Gasteiger partial charge >= 0.3 is 0 Å². The molecule has 0 aliphatic carbocycles. The number of nitrogens with one attached hydrogen (secondary N) is 2. The van der Waals surface area contributed by atoms with Gasteiger partial charge in [0.05, 0.1) is 30.5 Å². The number of sulfonamides is 1. The molecule has 3 N–H and O–H groups in total. The number of hydrogen-bond donors (Lipinski definition) is 3. The maximum Gasteiger partial charge on any atom is 0.263 e. The van der Waals surface area contributed by atoms with Crippen molar-refractivity contribution in [3.8, 4) is 22.6 Å². The molecule has 0 bridgehead atoms. The lowest BCUT2D eigenvalue weighted by molar-refractivity contribution is -0.128. The quantitative estimate of drug-likeness (QED) is 0.130. The summed E-state index contributed by atoms with van der Waals surface area (Å²) in [6.07, 6.45) is -0.0714. The minimum atomic E-state index is -4.18. The largest absolute Gasteiger partial charge is 0.457 e. The maximum atomic E-state index is 13.7. The highest BCUT2D eigenvalue weighted by Gasteiger charge is 2.27. The van der Waals surface area contributed by atoms with Crippen molar-refractivity contribution in [2.24, 2.45) is 0 Å². The number of para-hydroxylation sites is 2. The first-order chi connectivity index (χ1) is 25.1. The van der Waals surface area contributed by atoms with Gasteiger partial charge in [-0.3, -0.25) is 14.3 Å². The third kappa shape index (κ3) is 8.96. The van der Waals surface area contributed by atoms with Gasteiger partial charge in [-0.2, -0.15) is 0 Å². The van der Waals surface area contributed by atoms with E-state index in [0.717, 1.165) is 11.1 Å². The molecule has 1 fully saturated rings. The first-order valence-corrected chi connectivity index (χ1v) is 18.5. The molecule has 1 saturated heterocycles. The van der Waals surface area contributed by atoms with Gasteiger partial charge in [0.15, 0.2) is 5.78 Å². The number of nitrogens with zero attached hydrogens (tertiary/aromatic N) is 2. The minimum Gasteiger partial charge on any atom is -0.457 e. The summed E-state index contributed by atoms with van der Waals surface area (Å²) in [5.74, 6) is 0.620. The highest BCUT2D eigenvalue weighted by molar-refractivity contribution is 7.92. The van der Waals surface area contributed by atoms with Gasteiger partial charge in [0.1, 0.15) is 28.3 Å². The standard InChI is InChI=1S/C39H37ClN4O7S/c1-26(45)38(46)35(23-27-11-13-28(14-12-27)32-9-5-6-10-36(32)51-30-7-3-2-4-8-30)42-39(47)33-24-29(40)15-17-34(33)43-52(48,49)31-16-18-37(41-25-31)44-19-21-50-22-20-44/h2-18,24-26,35,43,45H,19-23H2,1H3,(H,42,47)/t26?,35-/m0/s1. The van der Waals surface area contributed by atoms with Crippen LogP contribution in [0, 0.1) is 0 Å². The van der Waals surface area contributed by atoms with Crippen LogP contribution in [-0.4, -0.2) is 68.6 Å². The number of carbonyl (C=O) groups excluding carboxylic acids is 2. The van der Waals surface area contributed by atoms with Crippen molar-refractivity contribution in [1.29, 1.82) is 0 Å².